The number of hydrogen-bond acceptors (Lipinski definition) is 2. The van der Waals surface area contributed by atoms with Crippen molar-refractivity contribution >= 4 is 18.3 Å². The van der Waals surface area contributed by atoms with Gasteiger partial charge in [0.15, 0.2) is 5.84 Å². The van der Waals surface area contributed by atoms with Gasteiger partial charge in [-0.15, -0.1) is 0 Å². The Morgan fingerprint density at radius 1 is 1.36 bits per heavy atom. The molecular weight excluding hydrogens is 176 g/mol. The van der Waals surface area contributed by atoms with Crippen molar-refractivity contribution in [3.05, 3.63) is 24.4 Å². The first-order chi connectivity index (χ1) is 6.67. The van der Waals surface area contributed by atoms with Crippen molar-refractivity contribution in [2.75, 3.05) is 0 Å². The van der Waals surface area contributed by atoms with E-state index < -0.39 is 0 Å². The minimum Gasteiger partial charge on any atom is -0.290 e. The molecule has 76 valence electrons. The molecule has 0 aliphatic carbocycles. The van der Waals surface area contributed by atoms with E-state index >= 15 is 0 Å². The monoisotopic (exact) mass is 192 g/mol. The van der Waals surface area contributed by atoms with Gasteiger partial charge in [-0.2, -0.15) is 0 Å². The van der Waals surface area contributed by atoms with Crippen molar-refractivity contribution in [2.45, 2.75) is 20.8 Å². The average Bonchev–Trinajstić information content (AvgIpc) is 2.19. The molecule has 14 heavy (non-hydrogen) atoms. The second kappa shape index (κ2) is 6.95. The lowest BCUT2D eigenvalue weighted by molar-refractivity contribution is -0.114. The van der Waals surface area contributed by atoms with Crippen LogP contribution in [0.2, 0.25) is 0 Å². The fraction of sp³-hybridized carbons (Fsp3) is 0.364. The van der Waals surface area contributed by atoms with Gasteiger partial charge in [0.1, 0.15) is 0 Å². The zero-order chi connectivity index (χ0) is 11.0. The van der Waals surface area contributed by atoms with Crippen LogP contribution < -0.4 is 0 Å². The number of amidine groups is 1. The minimum atomic E-state index is -0.200. The Kier molecular flexibility index (Phi) is 6.20. The highest BCUT2D eigenvalue weighted by molar-refractivity contribution is 6.41. The predicted octanol–water partition coefficient (Wildman–Crippen LogP) is 2.40. The van der Waals surface area contributed by atoms with Crippen LogP contribution in [0.4, 0.5) is 0 Å². The maximum absolute atomic E-state index is 11.6. The molecule has 0 rings (SSSR count). The van der Waals surface area contributed by atoms with E-state index in [1.54, 1.807) is 19.1 Å². The van der Waals surface area contributed by atoms with E-state index in [-0.39, 0.29) is 17.5 Å². The Labute approximate surface area is 85.0 Å². The van der Waals surface area contributed by atoms with Crippen molar-refractivity contribution in [1.29, 1.82) is 0 Å². The molecule has 0 amide bonds. The molecule has 0 N–H and O–H groups in total. The number of ketones is 1. The maximum Gasteiger partial charge on any atom is 0.206 e. The molecule has 0 spiro atoms. The van der Waals surface area contributed by atoms with E-state index in [0.29, 0.717) is 0 Å². The number of aliphatic imine (C=N–C) groups is 2. The van der Waals surface area contributed by atoms with E-state index in [9.17, 15) is 4.79 Å². The van der Waals surface area contributed by atoms with Gasteiger partial charge in [0.05, 0.1) is 0 Å². The van der Waals surface area contributed by atoms with Gasteiger partial charge in [-0.1, -0.05) is 25.2 Å². The molecule has 0 aliphatic heterocycles. The summed E-state index contributed by atoms with van der Waals surface area (Å²) in [4.78, 5) is 19.1. The highest BCUT2D eigenvalue weighted by Crippen LogP contribution is 2.02. The van der Waals surface area contributed by atoms with Crippen molar-refractivity contribution in [3.63, 3.8) is 0 Å². The number of carbonyl (C=O) groups is 1. The minimum absolute atomic E-state index is 0.115. The molecule has 0 radical (unpaired) electrons. The molecular formula is C11H16N2O. The van der Waals surface area contributed by atoms with Crippen LogP contribution in [0.3, 0.4) is 0 Å². The first-order valence-electron chi connectivity index (χ1n) is 4.50. The van der Waals surface area contributed by atoms with E-state index in [1.165, 1.54) is 6.20 Å². The second-order valence-corrected chi connectivity index (χ2v) is 2.77. The smallest absolute Gasteiger partial charge is 0.206 e. The number of nitrogens with zero attached hydrogens (tertiary/aromatic N) is 2. The first kappa shape index (κ1) is 12.5. The summed E-state index contributed by atoms with van der Waals surface area (Å²) in [7, 11) is 0. The topological polar surface area (TPSA) is 41.8 Å². The van der Waals surface area contributed by atoms with E-state index in [2.05, 4.69) is 16.7 Å². The normalized spacial score (nSPS) is 14.9. The lowest BCUT2D eigenvalue weighted by atomic mass is 10.1. The summed E-state index contributed by atoms with van der Waals surface area (Å²) in [5.41, 5.74) is 0. The average molecular weight is 192 g/mol. The summed E-state index contributed by atoms with van der Waals surface area (Å²) < 4.78 is 0. The third kappa shape index (κ3) is 3.94. The zero-order valence-corrected chi connectivity index (χ0v) is 8.90. The zero-order valence-electron chi connectivity index (χ0n) is 8.90. The van der Waals surface area contributed by atoms with Crippen LogP contribution in [0.15, 0.2) is 34.4 Å². The largest absolute Gasteiger partial charge is 0.290 e. The van der Waals surface area contributed by atoms with Crippen molar-refractivity contribution in [3.8, 4) is 0 Å². The summed E-state index contributed by atoms with van der Waals surface area (Å²) >= 11 is 0. The fourth-order valence-electron chi connectivity index (χ4n) is 0.907. The molecule has 0 aromatic rings. The third-order valence-corrected chi connectivity index (χ3v) is 1.61. The van der Waals surface area contributed by atoms with Gasteiger partial charge in [-0.25, -0.2) is 9.98 Å². The third-order valence-electron chi connectivity index (χ3n) is 1.61. The fourth-order valence-corrected chi connectivity index (χ4v) is 0.907. The van der Waals surface area contributed by atoms with E-state index in [1.807, 2.05) is 19.9 Å². The summed E-state index contributed by atoms with van der Waals surface area (Å²) in [6, 6.07) is 0. The number of carbonyl (C=O) groups excluding carboxylic acids is 1. The number of rotatable bonds is 4. The molecule has 0 saturated carbocycles. The van der Waals surface area contributed by atoms with Crippen LogP contribution in [0.1, 0.15) is 20.8 Å². The molecule has 0 heterocycles. The van der Waals surface area contributed by atoms with Crippen LogP contribution in [0.25, 0.3) is 0 Å². The van der Waals surface area contributed by atoms with Gasteiger partial charge in [0.25, 0.3) is 0 Å². The standard InChI is InChI=1S/C11H16N2O/c1-5-7-9(3)10(14)11(12-4)13-8-6-2/h5-9H,4H2,1-3H3/b7-5+,8-6-,13-11?. The van der Waals surface area contributed by atoms with Crippen LogP contribution in [-0.2, 0) is 4.79 Å². The molecule has 0 bridgehead atoms. The second-order valence-electron chi connectivity index (χ2n) is 2.77. The first-order valence-corrected chi connectivity index (χ1v) is 4.50. The van der Waals surface area contributed by atoms with Gasteiger partial charge in [0.2, 0.25) is 5.78 Å². The van der Waals surface area contributed by atoms with Crippen molar-refractivity contribution in [1.82, 2.24) is 0 Å². The molecule has 1 unspecified atom stereocenters. The molecule has 0 aromatic carbocycles. The number of Topliss-reactive ketones (excluding diaryl/α,β-unsaturated/α-hetero) is 1. The lowest BCUT2D eigenvalue weighted by Crippen LogP contribution is -2.18. The molecule has 0 aromatic heterocycles. The summed E-state index contributed by atoms with van der Waals surface area (Å²) in [6.45, 7) is 8.81. The Morgan fingerprint density at radius 2 is 2.00 bits per heavy atom. The van der Waals surface area contributed by atoms with Crippen molar-refractivity contribution < 1.29 is 4.79 Å². The Bertz CT molecular complexity index is 288. The van der Waals surface area contributed by atoms with Crippen LogP contribution >= 0.6 is 0 Å². The maximum atomic E-state index is 11.6. The molecule has 3 heteroatoms. The highest BCUT2D eigenvalue weighted by atomic mass is 16.1. The van der Waals surface area contributed by atoms with Gasteiger partial charge < -0.3 is 0 Å². The van der Waals surface area contributed by atoms with Gasteiger partial charge in [-0.05, 0) is 20.6 Å². The number of allylic oxidation sites excluding steroid dienone is 3. The van der Waals surface area contributed by atoms with Gasteiger partial charge in [0, 0.05) is 12.1 Å². The number of hydrogen-bond donors (Lipinski definition) is 0. The summed E-state index contributed by atoms with van der Waals surface area (Å²) in [5, 5.41) is 0. The highest BCUT2D eigenvalue weighted by Gasteiger charge is 2.14. The molecule has 1 atom stereocenters. The van der Waals surface area contributed by atoms with E-state index in [0.717, 1.165) is 0 Å². The Morgan fingerprint density at radius 3 is 2.43 bits per heavy atom. The van der Waals surface area contributed by atoms with Gasteiger partial charge >= 0.3 is 0 Å². The van der Waals surface area contributed by atoms with Crippen LogP contribution in [0, 0.1) is 5.92 Å². The molecule has 0 saturated heterocycles. The van der Waals surface area contributed by atoms with Crippen LogP contribution in [-0.4, -0.2) is 18.3 Å². The molecule has 0 fully saturated rings. The Hall–Kier alpha value is -1.51. The lowest BCUT2D eigenvalue weighted by Gasteiger charge is -2.02. The quantitative estimate of drug-likeness (QED) is 0.383. The summed E-state index contributed by atoms with van der Waals surface area (Å²) in [6.07, 6.45) is 6.90. The SMILES string of the molecule is C=NC(=N/C=C\C)C(=O)C(C)/C=C/C. The molecule has 0 aliphatic rings. The van der Waals surface area contributed by atoms with Crippen LogP contribution in [0.5, 0.6) is 0 Å². The summed E-state index contributed by atoms with van der Waals surface area (Å²) in [5.74, 6) is -0.153. The predicted molar refractivity (Wildman–Crippen MR) is 60.8 cm³/mol. The van der Waals surface area contributed by atoms with Gasteiger partial charge in [-0.3, -0.25) is 4.79 Å². The Balaban J connectivity index is 4.70. The van der Waals surface area contributed by atoms with E-state index in [4.69, 9.17) is 0 Å². The van der Waals surface area contributed by atoms with Crippen molar-refractivity contribution in [2.24, 2.45) is 15.9 Å². The molecule has 3 nitrogen and oxygen atoms in total.